The van der Waals surface area contributed by atoms with E-state index in [-0.39, 0.29) is 0 Å². The normalized spacial score (nSPS) is 13.0. The van der Waals surface area contributed by atoms with E-state index in [2.05, 4.69) is 299 Å². The fraction of sp³-hybridized carbons (Fsp3) is 0. The van der Waals surface area contributed by atoms with Crippen molar-refractivity contribution in [2.45, 2.75) is 0 Å². The summed E-state index contributed by atoms with van der Waals surface area (Å²) in [7, 11) is 0. The molecule has 12 heterocycles. The Balaban J connectivity index is 0.726. The van der Waals surface area contributed by atoms with Crippen molar-refractivity contribution < 1.29 is 0 Å². The molecule has 482 valence electrons. The molecule has 0 amide bonds. The molecule has 0 aliphatic carbocycles. The van der Waals surface area contributed by atoms with Gasteiger partial charge in [0.2, 0.25) is 0 Å². The molecule has 9 heteroatoms. The van der Waals surface area contributed by atoms with Gasteiger partial charge in [-0.05, 0) is 112 Å². The highest BCUT2D eigenvalue weighted by Crippen LogP contribution is 2.55. The first-order chi connectivity index (χ1) is 52.0. The second kappa shape index (κ2) is 19.7. The lowest BCUT2D eigenvalue weighted by Crippen LogP contribution is -1.93. The van der Waals surface area contributed by atoms with Gasteiger partial charge in [-0.25, -0.2) is 0 Å². The van der Waals surface area contributed by atoms with Gasteiger partial charge in [-0.2, -0.15) is 0 Å². The molecule has 0 saturated heterocycles. The topological polar surface area (TPSA) is 13.2 Å². The number of hydrogen-bond donors (Lipinski definition) is 0. The first-order valence-electron chi connectivity index (χ1n) is 35.7. The molecule has 27 aromatic rings. The predicted octanol–water partition coefficient (Wildman–Crippen LogP) is 30.4. The van der Waals surface area contributed by atoms with Gasteiger partial charge in [-0.15, -0.1) is 68.0 Å². The summed E-state index contributed by atoms with van der Waals surface area (Å²) in [5.41, 5.74) is 12.5. The van der Waals surface area contributed by atoms with E-state index in [1.54, 1.807) is 0 Å². The molecular weight excluding hydrogens is 1390 g/mol. The molecule has 3 nitrogen and oxygen atoms in total. The van der Waals surface area contributed by atoms with Crippen molar-refractivity contribution in [1.82, 2.24) is 13.2 Å². The van der Waals surface area contributed by atoms with Crippen molar-refractivity contribution in [2.24, 2.45) is 0 Å². The highest BCUT2D eigenvalue weighted by atomic mass is 32.1. The number of nitrogens with zero attached hydrogens (tertiary/aromatic N) is 3. The summed E-state index contributed by atoms with van der Waals surface area (Å²) in [5, 5.41) is 35.0. The van der Waals surface area contributed by atoms with E-state index in [0.29, 0.717) is 0 Å². The fourth-order valence-electron chi connectivity index (χ4n) is 19.3. The molecule has 27 rings (SSSR count). The molecular formula is C96H47N3S6. The zero-order valence-electron chi connectivity index (χ0n) is 55.4. The van der Waals surface area contributed by atoms with Gasteiger partial charge >= 0.3 is 0 Å². The number of pyridine rings is 3. The van der Waals surface area contributed by atoms with Crippen LogP contribution in [0.4, 0.5) is 0 Å². The van der Waals surface area contributed by atoms with E-state index in [1.807, 2.05) is 68.0 Å². The summed E-state index contributed by atoms with van der Waals surface area (Å²) in [4.78, 5) is 0. The van der Waals surface area contributed by atoms with Gasteiger partial charge in [-0.3, -0.25) is 0 Å². The number of rotatable bonds is 2. The summed E-state index contributed by atoms with van der Waals surface area (Å²) in [6.07, 6.45) is 7.29. The molecule has 0 aliphatic heterocycles. The lowest BCUT2D eigenvalue weighted by molar-refractivity contribution is 1.30. The van der Waals surface area contributed by atoms with Crippen molar-refractivity contribution in [2.75, 3.05) is 0 Å². The van der Waals surface area contributed by atoms with E-state index in [9.17, 15) is 0 Å². The molecule has 0 atom stereocenters. The first kappa shape index (κ1) is 55.8. The molecule has 105 heavy (non-hydrogen) atoms. The van der Waals surface area contributed by atoms with Crippen molar-refractivity contribution in [3.63, 3.8) is 0 Å². The van der Waals surface area contributed by atoms with E-state index in [1.165, 1.54) is 257 Å². The predicted molar refractivity (Wildman–Crippen MR) is 465 cm³/mol. The highest BCUT2D eigenvalue weighted by molar-refractivity contribution is 7.28. The van der Waals surface area contributed by atoms with E-state index in [4.69, 9.17) is 0 Å². The van der Waals surface area contributed by atoms with Crippen LogP contribution in [0.5, 0.6) is 0 Å². The van der Waals surface area contributed by atoms with Gasteiger partial charge in [0.1, 0.15) is 0 Å². The number of benzene rings is 15. The van der Waals surface area contributed by atoms with Crippen LogP contribution in [-0.4, -0.2) is 13.2 Å². The molecule has 0 fully saturated rings. The van der Waals surface area contributed by atoms with E-state index < -0.39 is 0 Å². The average molecular weight is 1430 g/mol. The van der Waals surface area contributed by atoms with Gasteiger partial charge in [0.05, 0.1) is 33.1 Å². The Bertz CT molecular complexity index is 8810. The Morgan fingerprint density at radius 3 is 1.33 bits per heavy atom. The zero-order valence-corrected chi connectivity index (χ0v) is 60.3. The maximum atomic E-state index is 2.60. The summed E-state index contributed by atoms with van der Waals surface area (Å²) in [6.45, 7) is 0. The average Bonchev–Trinajstić information content (AvgIpc) is 1.57. The third kappa shape index (κ3) is 7.10. The first-order valence-corrected chi connectivity index (χ1v) is 40.6. The molecule has 0 unspecified atom stereocenters. The summed E-state index contributed by atoms with van der Waals surface area (Å²) in [6, 6.07) is 103. The minimum atomic E-state index is 1.21. The van der Waals surface area contributed by atoms with Crippen LogP contribution >= 0.6 is 68.0 Å². The summed E-state index contributed by atoms with van der Waals surface area (Å²) in [5.74, 6) is 0. The number of thiophene rings is 6. The molecule has 0 N–H and O–H groups in total. The van der Waals surface area contributed by atoms with E-state index in [0.717, 1.165) is 0 Å². The van der Waals surface area contributed by atoms with Crippen molar-refractivity contribution in [3.05, 3.63) is 286 Å². The highest BCUT2D eigenvalue weighted by Gasteiger charge is 2.27. The Kier molecular flexibility index (Phi) is 10.5. The third-order valence-corrected chi connectivity index (χ3v) is 30.7. The lowest BCUT2D eigenvalue weighted by Gasteiger charge is -2.15. The van der Waals surface area contributed by atoms with Gasteiger partial charge < -0.3 is 13.2 Å². The summed E-state index contributed by atoms with van der Waals surface area (Å²) < 4.78 is 23.5. The second-order valence-corrected chi connectivity index (χ2v) is 35.3. The number of aromatic nitrogens is 3. The standard InChI is InChI=1S/C96H47N3S6/c1-4-16-55-51(13-1)45-97-73-43-71-58-18-6-9-21-74(58)102-82(71)44-69(73)60-31-33-64-70-40-48(27-36-78(70)104-95(64)87(60)90(55)97)49-25-29-67-81(41-49)105-96-68(42-72-61-34-37-79-83(65-19-7-11-23-76(65)100-79)85(61)89-54-15-3-2-14-52(54)46-98(89)93(72)88(67)96)50-26-28-56-53(39-50)47-99-91(56)86-59(30-32-63-57-17-5-10-22-75(57)103-94(63)86)62-35-38-80-84(92(62)99)66-20-8-12-24-77(66)101-80/h1-47H. The zero-order chi connectivity index (χ0) is 67.5. The van der Waals surface area contributed by atoms with Crippen LogP contribution < -0.4 is 0 Å². The van der Waals surface area contributed by atoms with Gasteiger partial charge in [0, 0.05) is 210 Å². The van der Waals surface area contributed by atoms with E-state index >= 15 is 0 Å². The van der Waals surface area contributed by atoms with Gasteiger partial charge in [-0.1, -0.05) is 188 Å². The Morgan fingerprint density at radius 2 is 0.590 bits per heavy atom. The summed E-state index contributed by atoms with van der Waals surface area (Å²) >= 11 is 11.5. The third-order valence-electron chi connectivity index (χ3n) is 23.7. The SMILES string of the molecule is c1ccc2c(c1)cn1c3cc4c(cc3c3ccc5c6cc(-c7ccc8c(c7)sc7c(-c9ccc%10c(c9)cn9c%11c(ccc%12sc%13ccccc%13c%12%11)c%11ccc%12c%13ccccc%13sc%12c%11c%109)cc9c%10ccc%11sc%12ccccc%12c%11c%10c%10c%11ccccc%11cn%10c9c78)ccc6sc5c3c21)sc1ccccc14. The van der Waals surface area contributed by atoms with Crippen LogP contribution in [0.1, 0.15) is 0 Å². The fourth-order valence-corrected chi connectivity index (χ4v) is 26.4. The monoisotopic (exact) mass is 1430 g/mol. The van der Waals surface area contributed by atoms with Gasteiger partial charge in [0.15, 0.2) is 0 Å². The quantitative estimate of drug-likeness (QED) is 0.153. The van der Waals surface area contributed by atoms with Gasteiger partial charge in [0.25, 0.3) is 0 Å². The van der Waals surface area contributed by atoms with Crippen LogP contribution in [-0.2, 0) is 0 Å². The molecule has 12 aromatic heterocycles. The largest absolute Gasteiger partial charge is 0.315 e. The number of hydrogen-bond acceptors (Lipinski definition) is 6. The molecule has 0 bridgehead atoms. The minimum Gasteiger partial charge on any atom is -0.315 e. The Labute approximate surface area is 618 Å². The van der Waals surface area contributed by atoms with Crippen molar-refractivity contribution in [3.8, 4) is 22.3 Å². The van der Waals surface area contributed by atoms with Crippen LogP contribution in [0.2, 0.25) is 0 Å². The van der Waals surface area contributed by atoms with Crippen LogP contribution in [0.3, 0.4) is 0 Å². The maximum absolute atomic E-state index is 2.60. The molecule has 15 aromatic carbocycles. The lowest BCUT2D eigenvalue weighted by atomic mass is 9.93. The number of fused-ring (bicyclic) bond motifs is 47. The molecule has 0 radical (unpaired) electrons. The Hall–Kier alpha value is -11.8. The molecule has 0 saturated carbocycles. The van der Waals surface area contributed by atoms with Crippen LogP contribution in [0.25, 0.3) is 257 Å². The minimum absolute atomic E-state index is 1.21. The molecule has 0 spiro atoms. The van der Waals surface area contributed by atoms with Crippen LogP contribution in [0, 0.1) is 0 Å². The van der Waals surface area contributed by atoms with Crippen molar-refractivity contribution >= 4 is 303 Å². The maximum Gasteiger partial charge on any atom is 0.0628 e. The van der Waals surface area contributed by atoms with Crippen LogP contribution in [0.15, 0.2) is 286 Å². The molecule has 0 aliphatic rings. The smallest absolute Gasteiger partial charge is 0.0628 e. The Morgan fingerprint density at radius 1 is 0.181 bits per heavy atom. The van der Waals surface area contributed by atoms with Crippen molar-refractivity contribution in [1.29, 1.82) is 0 Å². The second-order valence-electron chi connectivity index (χ2n) is 28.9.